The van der Waals surface area contributed by atoms with Crippen molar-refractivity contribution in [2.45, 2.75) is 6.54 Å². The van der Waals surface area contributed by atoms with Gasteiger partial charge in [-0.2, -0.15) is 0 Å². The van der Waals surface area contributed by atoms with Crippen LogP contribution in [-0.4, -0.2) is 9.55 Å². The normalized spacial score (nSPS) is 11.3. The van der Waals surface area contributed by atoms with E-state index in [-0.39, 0.29) is 5.02 Å². The van der Waals surface area contributed by atoms with Crippen molar-refractivity contribution in [1.29, 1.82) is 0 Å². The fraction of sp³-hybridized carbons (Fsp3) is 0.0833. The van der Waals surface area contributed by atoms with Gasteiger partial charge in [0.25, 0.3) is 0 Å². The number of halogens is 3. The van der Waals surface area contributed by atoms with E-state index in [4.69, 9.17) is 23.8 Å². The maximum Gasteiger partial charge on any atom is 0.178 e. The lowest BCUT2D eigenvalue weighted by atomic mass is 10.3. The molecule has 19 heavy (non-hydrogen) atoms. The molecule has 0 aliphatic carbocycles. The van der Waals surface area contributed by atoms with Gasteiger partial charge >= 0.3 is 0 Å². The molecule has 0 spiro atoms. The van der Waals surface area contributed by atoms with E-state index in [9.17, 15) is 4.39 Å². The van der Waals surface area contributed by atoms with Gasteiger partial charge in [0.2, 0.25) is 0 Å². The Morgan fingerprint density at radius 3 is 2.95 bits per heavy atom. The summed E-state index contributed by atoms with van der Waals surface area (Å²) in [5, 5.41) is 2.09. The van der Waals surface area contributed by atoms with Crippen LogP contribution < -0.4 is 0 Å². The standard InChI is InChI=1S/C12H7BrClFN2S2/c13-6-1-2-19-11(6)5-17-10-4-8(15)7(14)3-9(10)16-12(17)18/h1-4H,5H2,(H,16,18). The summed E-state index contributed by atoms with van der Waals surface area (Å²) in [4.78, 5) is 4.17. The molecule has 0 aliphatic rings. The van der Waals surface area contributed by atoms with Crippen molar-refractivity contribution >= 4 is 62.1 Å². The van der Waals surface area contributed by atoms with Crippen molar-refractivity contribution < 1.29 is 4.39 Å². The minimum Gasteiger partial charge on any atom is -0.331 e. The zero-order valence-corrected chi connectivity index (χ0v) is 13.4. The van der Waals surface area contributed by atoms with Crippen molar-refractivity contribution in [1.82, 2.24) is 9.55 Å². The van der Waals surface area contributed by atoms with Gasteiger partial charge in [-0.3, -0.25) is 0 Å². The first-order valence-corrected chi connectivity index (χ1v) is 7.81. The van der Waals surface area contributed by atoms with Crippen LogP contribution in [0.5, 0.6) is 0 Å². The number of hydrogen-bond acceptors (Lipinski definition) is 2. The number of hydrogen-bond donors (Lipinski definition) is 1. The van der Waals surface area contributed by atoms with Gasteiger partial charge in [-0.1, -0.05) is 11.6 Å². The number of aromatic amines is 1. The highest BCUT2D eigenvalue weighted by atomic mass is 79.9. The van der Waals surface area contributed by atoms with Gasteiger partial charge < -0.3 is 9.55 Å². The Morgan fingerprint density at radius 2 is 2.26 bits per heavy atom. The summed E-state index contributed by atoms with van der Waals surface area (Å²) in [5.74, 6) is -0.442. The lowest BCUT2D eigenvalue weighted by Gasteiger charge is -2.04. The van der Waals surface area contributed by atoms with E-state index in [2.05, 4.69) is 20.9 Å². The van der Waals surface area contributed by atoms with E-state index in [1.54, 1.807) is 17.4 Å². The molecule has 2 aromatic heterocycles. The highest BCUT2D eigenvalue weighted by Crippen LogP contribution is 2.27. The Bertz CT molecular complexity index is 821. The molecule has 2 nitrogen and oxygen atoms in total. The van der Waals surface area contributed by atoms with Gasteiger partial charge in [-0.05, 0) is 45.7 Å². The minimum atomic E-state index is -0.442. The van der Waals surface area contributed by atoms with Crippen LogP contribution in [0.25, 0.3) is 11.0 Å². The number of benzene rings is 1. The molecule has 0 fully saturated rings. The van der Waals surface area contributed by atoms with Crippen LogP contribution in [0, 0.1) is 10.6 Å². The Morgan fingerprint density at radius 1 is 1.47 bits per heavy atom. The van der Waals surface area contributed by atoms with Crippen molar-refractivity contribution in [2.75, 3.05) is 0 Å². The molecule has 0 saturated heterocycles. The van der Waals surface area contributed by atoms with Gasteiger partial charge in [0.1, 0.15) is 5.82 Å². The van der Waals surface area contributed by atoms with Crippen LogP contribution in [-0.2, 0) is 6.54 Å². The third-order valence-corrected chi connectivity index (χ3v) is 5.33. The molecule has 0 bridgehead atoms. The Kier molecular flexibility index (Phi) is 3.51. The van der Waals surface area contributed by atoms with E-state index in [1.165, 1.54) is 6.07 Å². The number of nitrogens with zero attached hydrogens (tertiary/aromatic N) is 1. The van der Waals surface area contributed by atoms with Crippen molar-refractivity contribution in [3.8, 4) is 0 Å². The monoisotopic (exact) mass is 376 g/mol. The van der Waals surface area contributed by atoms with E-state index in [0.29, 0.717) is 16.8 Å². The summed E-state index contributed by atoms with van der Waals surface area (Å²) >= 11 is 16.2. The quantitative estimate of drug-likeness (QED) is 0.596. The molecule has 2 heterocycles. The Labute approximate surface area is 131 Å². The number of imidazole rings is 1. The average Bonchev–Trinajstić information content (AvgIpc) is 2.88. The number of rotatable bonds is 2. The van der Waals surface area contributed by atoms with Crippen LogP contribution in [0.1, 0.15) is 4.88 Å². The fourth-order valence-electron chi connectivity index (χ4n) is 1.89. The van der Waals surface area contributed by atoms with Crippen LogP contribution in [0.2, 0.25) is 5.02 Å². The summed E-state index contributed by atoms with van der Waals surface area (Å²) in [6.45, 7) is 0.595. The first-order valence-electron chi connectivity index (χ1n) is 5.35. The number of fused-ring (bicyclic) bond motifs is 1. The molecular formula is C12H7BrClFN2S2. The van der Waals surface area contributed by atoms with Crippen LogP contribution >= 0.6 is 51.1 Å². The van der Waals surface area contributed by atoms with Gasteiger partial charge in [-0.25, -0.2) is 4.39 Å². The zero-order chi connectivity index (χ0) is 13.6. The first-order chi connectivity index (χ1) is 9.06. The summed E-state index contributed by atoms with van der Waals surface area (Å²) in [7, 11) is 0. The number of nitrogens with one attached hydrogen (secondary N) is 1. The third-order valence-electron chi connectivity index (χ3n) is 2.81. The molecule has 7 heteroatoms. The maximum absolute atomic E-state index is 13.6. The van der Waals surface area contributed by atoms with Crippen molar-refractivity contribution in [3.05, 3.63) is 48.5 Å². The van der Waals surface area contributed by atoms with Crippen molar-refractivity contribution in [2.24, 2.45) is 0 Å². The Balaban J connectivity index is 2.18. The largest absolute Gasteiger partial charge is 0.331 e. The van der Waals surface area contributed by atoms with Crippen LogP contribution in [0.3, 0.4) is 0 Å². The van der Waals surface area contributed by atoms with E-state index >= 15 is 0 Å². The predicted molar refractivity (Wildman–Crippen MR) is 83.2 cm³/mol. The first kappa shape index (κ1) is 13.3. The number of aromatic nitrogens is 2. The lowest BCUT2D eigenvalue weighted by molar-refractivity contribution is 0.629. The van der Waals surface area contributed by atoms with E-state index in [0.717, 1.165) is 14.9 Å². The highest BCUT2D eigenvalue weighted by Gasteiger charge is 2.11. The molecular weight excluding hydrogens is 371 g/mol. The Hall–Kier alpha value is -0.690. The molecule has 1 aromatic carbocycles. The molecule has 0 amide bonds. The second kappa shape index (κ2) is 5.01. The van der Waals surface area contributed by atoms with Gasteiger partial charge in [-0.15, -0.1) is 11.3 Å². The molecule has 0 saturated carbocycles. The van der Waals surface area contributed by atoms with Gasteiger partial charge in [0.15, 0.2) is 4.77 Å². The number of thiophene rings is 1. The van der Waals surface area contributed by atoms with Crippen molar-refractivity contribution in [3.63, 3.8) is 0 Å². The van der Waals surface area contributed by atoms with Gasteiger partial charge in [0.05, 0.1) is 22.6 Å². The fourth-order valence-corrected chi connectivity index (χ4v) is 3.79. The molecule has 3 rings (SSSR count). The molecule has 98 valence electrons. The predicted octanol–water partition coefficient (Wildman–Crippen LogP) is 5.36. The third kappa shape index (κ3) is 2.38. The summed E-state index contributed by atoms with van der Waals surface area (Å²) < 4.78 is 17.0. The second-order valence-electron chi connectivity index (χ2n) is 3.99. The van der Waals surface area contributed by atoms with E-state index < -0.39 is 5.82 Å². The van der Waals surface area contributed by atoms with Crippen LogP contribution in [0.4, 0.5) is 4.39 Å². The molecule has 3 aromatic rings. The molecule has 0 unspecified atom stereocenters. The molecule has 0 aliphatic heterocycles. The molecule has 1 N–H and O–H groups in total. The van der Waals surface area contributed by atoms with Crippen LogP contribution in [0.15, 0.2) is 28.1 Å². The average molecular weight is 378 g/mol. The summed E-state index contributed by atoms with van der Waals surface area (Å²) in [6.07, 6.45) is 0. The summed E-state index contributed by atoms with van der Waals surface area (Å²) in [5.41, 5.74) is 1.45. The number of H-pyrrole nitrogens is 1. The smallest absolute Gasteiger partial charge is 0.178 e. The zero-order valence-electron chi connectivity index (χ0n) is 9.41. The topological polar surface area (TPSA) is 20.7 Å². The molecule has 0 atom stereocenters. The highest BCUT2D eigenvalue weighted by molar-refractivity contribution is 9.10. The molecule has 0 radical (unpaired) electrons. The lowest BCUT2D eigenvalue weighted by Crippen LogP contribution is -1.98. The van der Waals surface area contributed by atoms with Gasteiger partial charge in [0, 0.05) is 15.4 Å². The SMILES string of the molecule is Fc1cc2c(cc1Cl)[nH]c(=S)n2Cc1sccc1Br. The maximum atomic E-state index is 13.6. The second-order valence-corrected chi connectivity index (χ2v) is 6.64. The minimum absolute atomic E-state index is 0.0909. The summed E-state index contributed by atoms with van der Waals surface area (Å²) in [6, 6.07) is 4.95. The van der Waals surface area contributed by atoms with E-state index in [1.807, 2.05) is 16.0 Å².